The summed E-state index contributed by atoms with van der Waals surface area (Å²) in [4.78, 5) is 0. The molecule has 0 atom stereocenters. The molecule has 160 valence electrons. The van der Waals surface area contributed by atoms with Crippen molar-refractivity contribution in [1.82, 2.24) is 0 Å². The molecular weight excluding hydrogens is 459 g/mol. The molecule has 0 N–H and O–H groups in total. The van der Waals surface area contributed by atoms with E-state index in [1.54, 1.807) is 0 Å². The topological polar surface area (TPSA) is 0 Å². The van der Waals surface area contributed by atoms with E-state index in [-0.39, 0.29) is 0 Å². The minimum absolute atomic E-state index is 0.556. The van der Waals surface area contributed by atoms with Crippen molar-refractivity contribution in [1.29, 1.82) is 0 Å². The van der Waals surface area contributed by atoms with Crippen LogP contribution in [0.15, 0.2) is 72.8 Å². The molecule has 30 heavy (non-hydrogen) atoms. The zero-order valence-corrected chi connectivity index (χ0v) is 22.6. The Bertz CT molecular complexity index is 798. The molecule has 4 aromatic carbocycles. The predicted molar refractivity (Wildman–Crippen MR) is 136 cm³/mol. The maximum absolute atomic E-state index is 4.89. The molecule has 0 nitrogen and oxygen atoms in total. The van der Waals surface area contributed by atoms with Gasteiger partial charge >= 0.3 is 35.6 Å². The number of benzene rings is 2. The molecule has 0 heterocycles. The van der Waals surface area contributed by atoms with Gasteiger partial charge in [-0.15, -0.1) is 81.2 Å². The van der Waals surface area contributed by atoms with Crippen LogP contribution in [0.25, 0.3) is 21.5 Å². The molecule has 0 unspecified atom stereocenters. The number of fused-ring (bicyclic) bond motifs is 2. The molecule has 0 fully saturated rings. The van der Waals surface area contributed by atoms with Crippen molar-refractivity contribution in [3.63, 3.8) is 0 Å². The van der Waals surface area contributed by atoms with Gasteiger partial charge in [0, 0.05) is 9.52 Å². The summed E-state index contributed by atoms with van der Waals surface area (Å²) in [5.74, 6) is 0. The Hall–Kier alpha value is -0.829. The van der Waals surface area contributed by atoms with Gasteiger partial charge in [-0.05, 0) is 12.8 Å². The molecule has 0 saturated carbocycles. The minimum atomic E-state index is -0.556. The van der Waals surface area contributed by atoms with Crippen molar-refractivity contribution in [3.8, 4) is 0 Å². The van der Waals surface area contributed by atoms with Gasteiger partial charge in [0.05, 0.1) is 0 Å². The number of hydrogen-bond donors (Lipinski definition) is 0. The Morgan fingerprint density at radius 2 is 1.07 bits per heavy atom. The predicted octanol–water partition coefficient (Wildman–Crippen LogP) is 9.19. The van der Waals surface area contributed by atoms with Crippen LogP contribution in [0.3, 0.4) is 0 Å². The Morgan fingerprint density at radius 3 is 1.37 bits per heavy atom. The van der Waals surface area contributed by atoms with Crippen molar-refractivity contribution < 1.29 is 17.0 Å². The van der Waals surface area contributed by atoms with E-state index in [1.807, 2.05) is 0 Å². The first kappa shape index (κ1) is 27.2. The van der Waals surface area contributed by atoms with E-state index in [9.17, 15) is 0 Å². The van der Waals surface area contributed by atoms with Gasteiger partial charge in [0.2, 0.25) is 0 Å². The molecule has 0 saturated heterocycles. The second-order valence-corrected chi connectivity index (χ2v) is 10.6. The van der Waals surface area contributed by atoms with Crippen LogP contribution in [0.2, 0.25) is 13.1 Å². The number of aryl methyl sites for hydroxylation is 2. The second kappa shape index (κ2) is 16.8. The van der Waals surface area contributed by atoms with Crippen molar-refractivity contribution in [3.05, 3.63) is 83.9 Å². The molecule has 0 amide bonds. The molecule has 2 radical (unpaired) electrons. The standard InChI is InChI=1S/2C12H13.C2H6Si.2ClH.Ti/c2*1-2-5-10-8-11-6-3-4-7-12(11)9-10;1-3-2;;;/h2*3-4,6-9H,2,5H2,1H3;1-2H3;2*1H;/q2*-1;;;;+2/p-2. The molecule has 0 bridgehead atoms. The van der Waals surface area contributed by atoms with Crippen molar-refractivity contribution >= 4 is 49.7 Å². The summed E-state index contributed by atoms with van der Waals surface area (Å²) < 4.78 is 0. The molecule has 0 aromatic heterocycles. The van der Waals surface area contributed by atoms with Crippen LogP contribution in [-0.4, -0.2) is 9.52 Å². The van der Waals surface area contributed by atoms with E-state index in [2.05, 4.69) is 99.7 Å². The summed E-state index contributed by atoms with van der Waals surface area (Å²) in [6.07, 6.45) is 4.87. The van der Waals surface area contributed by atoms with E-state index < -0.39 is 17.0 Å². The normalized spacial score (nSPS) is 9.67. The van der Waals surface area contributed by atoms with Gasteiger partial charge in [-0.1, -0.05) is 51.9 Å². The SMILES string of the molecule is CCCc1cc2ccccc2[cH-]1.CCCc1cc2ccccc2[cH-]1.C[Si]C.[Cl][Ti][Cl]. The fourth-order valence-corrected chi connectivity index (χ4v) is 3.30. The zero-order chi connectivity index (χ0) is 22.2. The van der Waals surface area contributed by atoms with Crippen molar-refractivity contribution in [2.75, 3.05) is 0 Å². The molecule has 4 rings (SSSR count). The third kappa shape index (κ3) is 9.99. The van der Waals surface area contributed by atoms with Gasteiger partial charge < -0.3 is 0 Å². The average Bonchev–Trinajstić information content (AvgIpc) is 3.33. The van der Waals surface area contributed by atoms with Crippen LogP contribution in [-0.2, 0) is 29.9 Å². The number of hydrogen-bond acceptors (Lipinski definition) is 0. The molecular formula is C26H32Cl2SiTi-2. The summed E-state index contributed by atoms with van der Waals surface area (Å²) in [5, 5.41) is 5.50. The number of halogens is 2. The van der Waals surface area contributed by atoms with Crippen molar-refractivity contribution in [2.45, 2.75) is 52.6 Å². The fourth-order valence-electron chi connectivity index (χ4n) is 3.30. The molecule has 4 aromatic rings. The summed E-state index contributed by atoms with van der Waals surface area (Å²) >= 11 is -0.556. The van der Waals surface area contributed by atoms with Crippen LogP contribution in [0, 0.1) is 0 Å². The van der Waals surface area contributed by atoms with E-state index in [0.29, 0.717) is 0 Å². The Morgan fingerprint density at radius 1 is 0.733 bits per heavy atom. The fraction of sp³-hybridized carbons (Fsp3) is 0.308. The van der Waals surface area contributed by atoms with Gasteiger partial charge in [-0.3, -0.25) is 0 Å². The monoisotopic (exact) mass is 490 g/mol. The van der Waals surface area contributed by atoms with Crippen LogP contribution in [0.5, 0.6) is 0 Å². The van der Waals surface area contributed by atoms with Gasteiger partial charge in [0.1, 0.15) is 0 Å². The molecule has 4 heteroatoms. The Balaban J connectivity index is 0.000000239. The van der Waals surface area contributed by atoms with E-state index >= 15 is 0 Å². The van der Waals surface area contributed by atoms with Gasteiger partial charge in [0.15, 0.2) is 0 Å². The maximum atomic E-state index is 4.89. The third-order valence-electron chi connectivity index (χ3n) is 4.43. The van der Waals surface area contributed by atoms with Crippen LogP contribution >= 0.6 is 18.6 Å². The third-order valence-corrected chi connectivity index (χ3v) is 4.43. The number of rotatable bonds is 4. The Labute approximate surface area is 202 Å². The zero-order valence-electron chi connectivity index (χ0n) is 18.5. The molecule has 0 spiro atoms. The summed E-state index contributed by atoms with van der Waals surface area (Å²) in [6.45, 7) is 8.75. The van der Waals surface area contributed by atoms with Gasteiger partial charge in [-0.2, -0.15) is 12.1 Å². The van der Waals surface area contributed by atoms with Crippen LogP contribution in [0.4, 0.5) is 0 Å². The van der Waals surface area contributed by atoms with Gasteiger partial charge in [0.25, 0.3) is 0 Å². The summed E-state index contributed by atoms with van der Waals surface area (Å²) in [7, 11) is 10.9. The van der Waals surface area contributed by atoms with E-state index in [4.69, 9.17) is 18.6 Å². The van der Waals surface area contributed by atoms with E-state index in [1.165, 1.54) is 58.4 Å². The van der Waals surface area contributed by atoms with Crippen molar-refractivity contribution in [2.24, 2.45) is 0 Å². The van der Waals surface area contributed by atoms with Crippen LogP contribution < -0.4 is 0 Å². The summed E-state index contributed by atoms with van der Waals surface area (Å²) in [5.41, 5.74) is 2.94. The average molecular weight is 491 g/mol. The van der Waals surface area contributed by atoms with Gasteiger partial charge in [-0.25, -0.2) is 0 Å². The molecule has 0 aliphatic heterocycles. The van der Waals surface area contributed by atoms with Crippen LogP contribution in [0.1, 0.15) is 37.8 Å². The quantitative estimate of drug-likeness (QED) is 0.197. The van der Waals surface area contributed by atoms with E-state index in [0.717, 1.165) is 9.52 Å². The first-order valence-electron chi connectivity index (χ1n) is 10.5. The molecule has 0 aliphatic rings. The molecule has 0 aliphatic carbocycles. The second-order valence-electron chi connectivity index (χ2n) is 7.06. The first-order chi connectivity index (χ1) is 14.6. The summed E-state index contributed by atoms with van der Waals surface area (Å²) in [6, 6.07) is 26.2. The Kier molecular flexibility index (Phi) is 15.2. The first-order valence-corrected chi connectivity index (χ1v) is 16.8.